The number of carbonyl (C=O) groups excluding carboxylic acids is 3. The highest BCUT2D eigenvalue weighted by atomic mass is 35.5. The molecular formula is C13H23ClN2O5. The van der Waals surface area contributed by atoms with Gasteiger partial charge in [0.1, 0.15) is 11.6 Å². The number of amides is 2. The van der Waals surface area contributed by atoms with Crippen LogP contribution in [0.3, 0.4) is 0 Å². The third-order valence-corrected chi connectivity index (χ3v) is 2.48. The Labute approximate surface area is 129 Å². The molecule has 0 aliphatic rings. The summed E-state index contributed by atoms with van der Waals surface area (Å²) in [7, 11) is 1.20. The largest absolute Gasteiger partial charge is 0.467 e. The summed E-state index contributed by atoms with van der Waals surface area (Å²) in [4.78, 5) is 34.7. The van der Waals surface area contributed by atoms with Crippen molar-refractivity contribution in [2.75, 3.05) is 19.5 Å². The molecule has 0 saturated carbocycles. The van der Waals surface area contributed by atoms with E-state index in [1.165, 1.54) is 7.11 Å². The van der Waals surface area contributed by atoms with Gasteiger partial charge in [-0.05, 0) is 27.2 Å². The van der Waals surface area contributed by atoms with Crippen molar-refractivity contribution in [2.24, 2.45) is 0 Å². The number of methoxy groups -OCH3 is 1. The first-order chi connectivity index (χ1) is 9.69. The number of hydrogen-bond donors (Lipinski definition) is 2. The summed E-state index contributed by atoms with van der Waals surface area (Å²) in [6, 6.07) is -1.01. The van der Waals surface area contributed by atoms with Crippen molar-refractivity contribution in [3.8, 4) is 0 Å². The van der Waals surface area contributed by atoms with Crippen LogP contribution in [0, 0.1) is 0 Å². The molecule has 0 aliphatic carbocycles. The first-order valence-corrected chi connectivity index (χ1v) is 7.13. The van der Waals surface area contributed by atoms with Crippen molar-refractivity contribution in [1.82, 2.24) is 10.6 Å². The van der Waals surface area contributed by atoms with Crippen LogP contribution in [-0.2, 0) is 19.1 Å². The van der Waals surface area contributed by atoms with Gasteiger partial charge in [-0.25, -0.2) is 9.59 Å². The van der Waals surface area contributed by atoms with E-state index in [9.17, 15) is 14.4 Å². The second kappa shape index (κ2) is 9.44. The van der Waals surface area contributed by atoms with Crippen LogP contribution in [0.4, 0.5) is 4.79 Å². The number of esters is 1. The van der Waals surface area contributed by atoms with E-state index in [0.717, 1.165) is 0 Å². The average Bonchev–Trinajstić information content (AvgIpc) is 2.37. The van der Waals surface area contributed by atoms with Crippen molar-refractivity contribution in [3.63, 3.8) is 0 Å². The van der Waals surface area contributed by atoms with Gasteiger partial charge < -0.3 is 20.1 Å². The first-order valence-electron chi connectivity index (χ1n) is 6.59. The topological polar surface area (TPSA) is 93.7 Å². The quantitative estimate of drug-likeness (QED) is 0.542. The van der Waals surface area contributed by atoms with Crippen molar-refractivity contribution in [3.05, 3.63) is 0 Å². The van der Waals surface area contributed by atoms with Crippen LogP contribution in [0.2, 0.25) is 0 Å². The second-order valence-corrected chi connectivity index (χ2v) is 5.70. The molecule has 7 nitrogen and oxygen atoms in total. The maximum absolute atomic E-state index is 11.6. The van der Waals surface area contributed by atoms with Gasteiger partial charge in [-0.2, -0.15) is 0 Å². The van der Waals surface area contributed by atoms with E-state index < -0.39 is 23.7 Å². The van der Waals surface area contributed by atoms with E-state index in [-0.39, 0.29) is 18.9 Å². The number of rotatable bonds is 7. The lowest BCUT2D eigenvalue weighted by Crippen LogP contribution is -2.50. The van der Waals surface area contributed by atoms with Crippen LogP contribution in [0.1, 0.15) is 33.6 Å². The number of alkyl carbamates (subject to hydrolysis) is 1. The van der Waals surface area contributed by atoms with Crippen molar-refractivity contribution in [1.29, 1.82) is 0 Å². The SMILES string of the molecule is COC(=O)[C@H](CNC(=O)CCCCl)NC(=O)OC(C)(C)C. The van der Waals surface area contributed by atoms with Gasteiger partial charge >= 0.3 is 12.1 Å². The lowest BCUT2D eigenvalue weighted by molar-refractivity contribution is -0.143. The second-order valence-electron chi connectivity index (χ2n) is 5.32. The number of nitrogens with one attached hydrogen (secondary N) is 2. The summed E-state index contributed by atoms with van der Waals surface area (Å²) in [6.07, 6.45) is 0.0347. The molecule has 8 heteroatoms. The lowest BCUT2D eigenvalue weighted by atomic mass is 10.2. The zero-order chi connectivity index (χ0) is 16.5. The minimum atomic E-state index is -1.01. The summed E-state index contributed by atoms with van der Waals surface area (Å²) in [5.41, 5.74) is -0.686. The molecule has 0 rings (SSSR count). The van der Waals surface area contributed by atoms with E-state index in [0.29, 0.717) is 12.3 Å². The zero-order valence-electron chi connectivity index (χ0n) is 12.8. The number of hydrogen-bond acceptors (Lipinski definition) is 5. The standard InChI is InChI=1S/C13H23ClN2O5/c1-13(2,3)21-12(19)16-9(11(18)20-4)8-15-10(17)6-5-7-14/h9H,5-8H2,1-4H3,(H,15,17)(H,16,19)/t9-/m0/s1. The predicted octanol–water partition coefficient (Wildman–Crippen LogP) is 1.19. The van der Waals surface area contributed by atoms with Crippen LogP contribution in [0.15, 0.2) is 0 Å². The van der Waals surface area contributed by atoms with Crippen molar-refractivity contribution < 1.29 is 23.9 Å². The van der Waals surface area contributed by atoms with Crippen LogP contribution in [0.5, 0.6) is 0 Å². The summed E-state index contributed by atoms with van der Waals surface area (Å²) < 4.78 is 9.62. The summed E-state index contributed by atoms with van der Waals surface area (Å²) in [5, 5.41) is 4.89. The average molecular weight is 323 g/mol. The molecule has 0 saturated heterocycles. The third kappa shape index (κ3) is 9.95. The molecule has 0 aromatic carbocycles. The van der Waals surface area contributed by atoms with Gasteiger partial charge in [0.15, 0.2) is 0 Å². The molecule has 0 unspecified atom stereocenters. The molecule has 1 atom stereocenters. The molecule has 2 N–H and O–H groups in total. The molecular weight excluding hydrogens is 300 g/mol. The van der Waals surface area contributed by atoms with Gasteiger partial charge in [-0.1, -0.05) is 0 Å². The molecule has 0 bridgehead atoms. The monoisotopic (exact) mass is 322 g/mol. The van der Waals surface area contributed by atoms with Crippen molar-refractivity contribution in [2.45, 2.75) is 45.3 Å². The maximum atomic E-state index is 11.6. The fraction of sp³-hybridized carbons (Fsp3) is 0.769. The molecule has 0 aromatic heterocycles. The molecule has 0 aliphatic heterocycles. The molecule has 0 radical (unpaired) electrons. The zero-order valence-corrected chi connectivity index (χ0v) is 13.6. The van der Waals surface area contributed by atoms with Crippen LogP contribution in [0.25, 0.3) is 0 Å². The van der Waals surface area contributed by atoms with Gasteiger partial charge in [0.25, 0.3) is 0 Å². The summed E-state index contributed by atoms with van der Waals surface area (Å²) in [5.74, 6) is -0.543. The Morgan fingerprint density at radius 1 is 1.24 bits per heavy atom. The van der Waals surface area contributed by atoms with E-state index in [4.69, 9.17) is 16.3 Å². The van der Waals surface area contributed by atoms with E-state index >= 15 is 0 Å². The van der Waals surface area contributed by atoms with E-state index in [1.54, 1.807) is 20.8 Å². The Balaban J connectivity index is 4.43. The third-order valence-electron chi connectivity index (χ3n) is 2.22. The predicted molar refractivity (Wildman–Crippen MR) is 78.1 cm³/mol. The van der Waals surface area contributed by atoms with Crippen LogP contribution >= 0.6 is 11.6 Å². The first kappa shape index (κ1) is 19.5. The molecule has 21 heavy (non-hydrogen) atoms. The number of carbonyl (C=O) groups is 3. The Morgan fingerprint density at radius 3 is 2.33 bits per heavy atom. The fourth-order valence-electron chi connectivity index (χ4n) is 1.32. The Hall–Kier alpha value is -1.50. The summed E-state index contributed by atoms with van der Waals surface area (Å²) >= 11 is 5.48. The Morgan fingerprint density at radius 2 is 1.86 bits per heavy atom. The molecule has 2 amide bonds. The minimum Gasteiger partial charge on any atom is -0.467 e. The maximum Gasteiger partial charge on any atom is 0.408 e. The number of ether oxygens (including phenoxy) is 2. The van der Waals surface area contributed by atoms with Crippen LogP contribution in [-0.4, -0.2) is 49.1 Å². The Kier molecular flexibility index (Phi) is 8.76. The molecule has 0 fully saturated rings. The molecule has 0 spiro atoms. The summed E-state index contributed by atoms with van der Waals surface area (Å²) in [6.45, 7) is 5.03. The van der Waals surface area contributed by atoms with Gasteiger partial charge in [-0.15, -0.1) is 11.6 Å². The van der Waals surface area contributed by atoms with Gasteiger partial charge in [-0.3, -0.25) is 4.79 Å². The highest BCUT2D eigenvalue weighted by Gasteiger charge is 2.25. The Bertz CT molecular complexity index is 368. The molecule has 0 heterocycles. The number of halogens is 1. The smallest absolute Gasteiger partial charge is 0.408 e. The van der Waals surface area contributed by atoms with Gasteiger partial charge in [0.05, 0.1) is 7.11 Å². The normalized spacial score (nSPS) is 12.2. The highest BCUT2D eigenvalue weighted by Crippen LogP contribution is 2.06. The minimum absolute atomic E-state index is 0.0764. The fourth-order valence-corrected chi connectivity index (χ4v) is 1.45. The van der Waals surface area contributed by atoms with Crippen LogP contribution < -0.4 is 10.6 Å². The molecule has 0 aromatic rings. The lowest BCUT2D eigenvalue weighted by Gasteiger charge is -2.22. The van der Waals surface area contributed by atoms with Gasteiger partial charge in [0, 0.05) is 18.8 Å². The van der Waals surface area contributed by atoms with Crippen molar-refractivity contribution >= 4 is 29.6 Å². The highest BCUT2D eigenvalue weighted by molar-refractivity contribution is 6.17. The number of alkyl halides is 1. The van der Waals surface area contributed by atoms with E-state index in [2.05, 4.69) is 15.4 Å². The van der Waals surface area contributed by atoms with Gasteiger partial charge in [0.2, 0.25) is 5.91 Å². The van der Waals surface area contributed by atoms with E-state index in [1.807, 2.05) is 0 Å². The molecule has 122 valence electrons.